The number of rotatable bonds is 4. The molecule has 5 nitrogen and oxygen atoms in total. The van der Waals surface area contributed by atoms with Crippen molar-refractivity contribution in [2.45, 2.75) is 19.3 Å². The maximum Gasteiger partial charge on any atom is 0.233 e. The van der Waals surface area contributed by atoms with Crippen LogP contribution in [0.15, 0.2) is 53.1 Å². The average Bonchev–Trinajstić information content (AvgIpc) is 2.98. The smallest absolute Gasteiger partial charge is 0.233 e. The average molecular weight is 318 g/mol. The van der Waals surface area contributed by atoms with E-state index in [2.05, 4.69) is 52.4 Å². The minimum absolute atomic E-state index is 0.136. The Morgan fingerprint density at radius 2 is 1.75 bits per heavy atom. The standard InChI is InChI=1S/C19H18N4O/c20-17-16-15(11-24-18(16)23-19(21)22-17)7-3-4-12-8-9-13-5-1-2-6-14(13)10-12/h1-2,5-6,8-11H,3-4,7H2,(H4,20,21,22,23). The molecule has 0 atom stereocenters. The van der Waals surface area contributed by atoms with Gasteiger partial charge in [-0.05, 0) is 35.6 Å². The van der Waals surface area contributed by atoms with Gasteiger partial charge in [-0.3, -0.25) is 0 Å². The molecule has 120 valence electrons. The molecule has 0 aliphatic heterocycles. The summed E-state index contributed by atoms with van der Waals surface area (Å²) < 4.78 is 5.46. The molecule has 0 aliphatic rings. The van der Waals surface area contributed by atoms with Crippen molar-refractivity contribution in [2.75, 3.05) is 11.5 Å². The van der Waals surface area contributed by atoms with Crippen molar-refractivity contribution in [3.05, 3.63) is 59.9 Å². The number of hydrogen-bond acceptors (Lipinski definition) is 5. The molecule has 4 rings (SSSR count). The number of fused-ring (bicyclic) bond motifs is 2. The van der Waals surface area contributed by atoms with Crippen molar-refractivity contribution in [3.63, 3.8) is 0 Å². The predicted molar refractivity (Wildman–Crippen MR) is 96.6 cm³/mol. The fourth-order valence-corrected chi connectivity index (χ4v) is 3.11. The second-order valence-electron chi connectivity index (χ2n) is 5.94. The summed E-state index contributed by atoms with van der Waals surface area (Å²) in [6, 6.07) is 15.0. The molecule has 0 saturated carbocycles. The largest absolute Gasteiger partial charge is 0.446 e. The van der Waals surface area contributed by atoms with Crippen molar-refractivity contribution >= 4 is 33.6 Å². The zero-order valence-corrected chi connectivity index (χ0v) is 13.2. The van der Waals surface area contributed by atoms with Gasteiger partial charge < -0.3 is 15.9 Å². The van der Waals surface area contributed by atoms with Gasteiger partial charge in [-0.25, -0.2) is 0 Å². The third-order valence-electron chi connectivity index (χ3n) is 4.28. The zero-order valence-electron chi connectivity index (χ0n) is 13.2. The molecule has 0 amide bonds. The van der Waals surface area contributed by atoms with E-state index in [0.717, 1.165) is 30.2 Å². The molecule has 0 unspecified atom stereocenters. The van der Waals surface area contributed by atoms with Gasteiger partial charge in [0.05, 0.1) is 11.6 Å². The molecular formula is C19H18N4O. The predicted octanol–water partition coefficient (Wildman–Crippen LogP) is 3.72. The minimum atomic E-state index is 0.136. The molecule has 24 heavy (non-hydrogen) atoms. The highest BCUT2D eigenvalue weighted by Crippen LogP contribution is 2.26. The number of nitrogens with two attached hydrogens (primary N) is 2. The van der Waals surface area contributed by atoms with E-state index in [1.54, 1.807) is 6.26 Å². The summed E-state index contributed by atoms with van der Waals surface area (Å²) in [7, 11) is 0. The van der Waals surface area contributed by atoms with Gasteiger partial charge in [0, 0.05) is 5.56 Å². The lowest BCUT2D eigenvalue weighted by Gasteiger charge is -2.04. The van der Waals surface area contributed by atoms with E-state index in [9.17, 15) is 0 Å². The van der Waals surface area contributed by atoms with Crippen LogP contribution in [0.25, 0.3) is 21.9 Å². The van der Waals surface area contributed by atoms with Crippen molar-refractivity contribution < 1.29 is 4.42 Å². The number of aryl methyl sites for hydroxylation is 2. The Labute approximate surface area is 139 Å². The van der Waals surface area contributed by atoms with Gasteiger partial charge >= 0.3 is 0 Å². The third-order valence-corrected chi connectivity index (χ3v) is 4.28. The van der Waals surface area contributed by atoms with Crippen molar-refractivity contribution in [2.24, 2.45) is 0 Å². The lowest BCUT2D eigenvalue weighted by Crippen LogP contribution is -2.00. The molecule has 2 aromatic heterocycles. The normalized spacial score (nSPS) is 11.3. The van der Waals surface area contributed by atoms with E-state index in [1.807, 2.05) is 0 Å². The second-order valence-corrected chi connectivity index (χ2v) is 5.94. The Hall–Kier alpha value is -3.08. The number of benzene rings is 2. The maximum absolute atomic E-state index is 5.96. The Kier molecular flexibility index (Phi) is 3.54. The zero-order chi connectivity index (χ0) is 16.5. The molecule has 0 spiro atoms. The topological polar surface area (TPSA) is 91.0 Å². The van der Waals surface area contributed by atoms with Crippen LogP contribution in [0.2, 0.25) is 0 Å². The summed E-state index contributed by atoms with van der Waals surface area (Å²) in [6.45, 7) is 0. The van der Waals surface area contributed by atoms with Gasteiger partial charge in [0.25, 0.3) is 0 Å². The van der Waals surface area contributed by atoms with Gasteiger partial charge in [0.1, 0.15) is 5.82 Å². The summed E-state index contributed by atoms with van der Waals surface area (Å²) in [5.74, 6) is 0.518. The lowest BCUT2D eigenvalue weighted by atomic mass is 10.0. The van der Waals surface area contributed by atoms with Gasteiger partial charge in [-0.15, -0.1) is 0 Å². The highest BCUT2D eigenvalue weighted by Gasteiger charge is 2.12. The summed E-state index contributed by atoms with van der Waals surface area (Å²) in [5, 5.41) is 3.32. The van der Waals surface area contributed by atoms with Crippen LogP contribution in [0.1, 0.15) is 17.5 Å². The molecule has 0 radical (unpaired) electrons. The van der Waals surface area contributed by atoms with Gasteiger partial charge in [-0.1, -0.05) is 42.5 Å². The highest BCUT2D eigenvalue weighted by atomic mass is 16.3. The Bertz CT molecular complexity index is 1020. The van der Waals surface area contributed by atoms with Crippen molar-refractivity contribution in [3.8, 4) is 0 Å². The quantitative estimate of drug-likeness (QED) is 0.598. The van der Waals surface area contributed by atoms with Crippen molar-refractivity contribution in [1.82, 2.24) is 9.97 Å². The second kappa shape index (κ2) is 5.85. The van der Waals surface area contributed by atoms with Gasteiger partial charge in [-0.2, -0.15) is 9.97 Å². The van der Waals surface area contributed by atoms with Gasteiger partial charge in [0.15, 0.2) is 0 Å². The van der Waals surface area contributed by atoms with E-state index >= 15 is 0 Å². The molecule has 2 aromatic carbocycles. The number of nitrogen functional groups attached to an aromatic ring is 2. The summed E-state index contributed by atoms with van der Waals surface area (Å²) >= 11 is 0. The first-order valence-electron chi connectivity index (χ1n) is 7.97. The highest BCUT2D eigenvalue weighted by molar-refractivity contribution is 5.88. The van der Waals surface area contributed by atoms with Crippen LogP contribution >= 0.6 is 0 Å². The molecule has 0 bridgehead atoms. The van der Waals surface area contributed by atoms with Crippen LogP contribution in [-0.2, 0) is 12.8 Å². The molecule has 5 heteroatoms. The first-order valence-corrected chi connectivity index (χ1v) is 7.97. The summed E-state index contributed by atoms with van der Waals surface area (Å²) in [4.78, 5) is 8.10. The SMILES string of the molecule is Nc1nc(N)c2c(CCCc3ccc4ccccc4c3)coc2n1. The molecule has 0 fully saturated rings. The van der Waals surface area contributed by atoms with Crippen molar-refractivity contribution in [1.29, 1.82) is 0 Å². The van der Waals surface area contributed by atoms with E-state index in [1.165, 1.54) is 16.3 Å². The summed E-state index contributed by atoms with van der Waals surface area (Å²) in [5.41, 5.74) is 14.4. The van der Waals surface area contributed by atoms with Crippen LogP contribution in [0.5, 0.6) is 0 Å². The maximum atomic E-state index is 5.96. The minimum Gasteiger partial charge on any atom is -0.446 e. The van der Waals surface area contributed by atoms with Crippen LogP contribution in [-0.4, -0.2) is 9.97 Å². The van der Waals surface area contributed by atoms with E-state index in [-0.39, 0.29) is 5.95 Å². The third kappa shape index (κ3) is 2.65. The Morgan fingerprint density at radius 3 is 2.62 bits per heavy atom. The molecule has 4 aromatic rings. The number of aromatic nitrogens is 2. The van der Waals surface area contributed by atoms with E-state index in [4.69, 9.17) is 15.9 Å². The van der Waals surface area contributed by atoms with E-state index in [0.29, 0.717) is 11.5 Å². The number of furan rings is 1. The molecule has 0 aliphatic carbocycles. The molecule has 0 saturated heterocycles. The van der Waals surface area contributed by atoms with Gasteiger partial charge in [0.2, 0.25) is 11.7 Å². The number of hydrogen-bond donors (Lipinski definition) is 2. The lowest BCUT2D eigenvalue weighted by molar-refractivity contribution is 0.597. The van der Waals surface area contributed by atoms with Crippen LogP contribution in [0, 0.1) is 0 Å². The first-order chi connectivity index (χ1) is 11.7. The Balaban J connectivity index is 1.50. The Morgan fingerprint density at radius 1 is 0.917 bits per heavy atom. The van der Waals surface area contributed by atoms with E-state index < -0.39 is 0 Å². The fraction of sp³-hybridized carbons (Fsp3) is 0.158. The molecule has 4 N–H and O–H groups in total. The first kappa shape index (κ1) is 14.5. The van der Waals surface area contributed by atoms with Crippen LogP contribution in [0.3, 0.4) is 0 Å². The number of anilines is 2. The summed E-state index contributed by atoms with van der Waals surface area (Å²) in [6.07, 6.45) is 4.55. The molecular weight excluding hydrogens is 300 g/mol. The van der Waals surface area contributed by atoms with Crippen LogP contribution < -0.4 is 11.5 Å². The number of nitrogens with zero attached hydrogens (tertiary/aromatic N) is 2. The fourth-order valence-electron chi connectivity index (χ4n) is 3.11. The van der Waals surface area contributed by atoms with Crippen LogP contribution in [0.4, 0.5) is 11.8 Å². The monoisotopic (exact) mass is 318 g/mol. The molecule has 2 heterocycles.